The summed E-state index contributed by atoms with van der Waals surface area (Å²) in [4.78, 5) is 4.79. The molecule has 4 nitrogen and oxygen atoms in total. The first-order chi connectivity index (χ1) is 10.2. The maximum atomic E-state index is 6.11. The molecule has 1 saturated heterocycles. The molecule has 1 fully saturated rings. The minimum absolute atomic E-state index is 0.532. The lowest BCUT2D eigenvalue weighted by Crippen LogP contribution is -2.34. The summed E-state index contributed by atoms with van der Waals surface area (Å²) in [7, 11) is 0. The molecule has 1 aromatic heterocycles. The van der Waals surface area contributed by atoms with Gasteiger partial charge < -0.3 is 4.90 Å². The molecule has 1 unspecified atom stereocenters. The van der Waals surface area contributed by atoms with Crippen molar-refractivity contribution in [3.63, 3.8) is 0 Å². The van der Waals surface area contributed by atoms with Crippen LogP contribution in [0.2, 0.25) is 5.15 Å². The molecule has 1 aromatic carbocycles. The normalized spacial score (nSPS) is 20.5. The van der Waals surface area contributed by atoms with Crippen molar-refractivity contribution in [3.8, 4) is 0 Å². The third kappa shape index (κ3) is 3.54. The average molecular weight is 323 g/mol. The summed E-state index contributed by atoms with van der Waals surface area (Å²) in [6.07, 6.45) is 1.11. The molecule has 0 aliphatic carbocycles. The van der Waals surface area contributed by atoms with Crippen molar-refractivity contribution < 1.29 is 0 Å². The molecule has 0 N–H and O–H groups in total. The molecular weight excluding hydrogens is 304 g/mol. The summed E-state index contributed by atoms with van der Waals surface area (Å²) in [5, 5.41) is 0.532. The fraction of sp³-hybridized carbons (Fsp3) is 0.467. The van der Waals surface area contributed by atoms with E-state index < -0.39 is 0 Å². The molecule has 0 bridgehead atoms. The van der Waals surface area contributed by atoms with Crippen LogP contribution in [0, 0.1) is 0 Å². The lowest BCUT2D eigenvalue weighted by atomic mass is 10.1. The van der Waals surface area contributed by atoms with Gasteiger partial charge in [-0.25, -0.2) is 0 Å². The molecule has 1 aliphatic rings. The summed E-state index contributed by atoms with van der Waals surface area (Å²) in [5.41, 5.74) is 1.37. The van der Waals surface area contributed by atoms with E-state index >= 15 is 0 Å². The van der Waals surface area contributed by atoms with Crippen LogP contribution < -0.4 is 4.90 Å². The van der Waals surface area contributed by atoms with E-state index in [4.69, 9.17) is 11.6 Å². The first-order valence-corrected chi connectivity index (χ1v) is 8.36. The molecular formula is C15H19ClN4S. The molecule has 1 atom stereocenters. The Morgan fingerprint density at radius 3 is 2.71 bits per heavy atom. The van der Waals surface area contributed by atoms with Crippen LogP contribution in [0.5, 0.6) is 0 Å². The van der Waals surface area contributed by atoms with Crippen molar-refractivity contribution in [2.24, 2.45) is 0 Å². The summed E-state index contributed by atoms with van der Waals surface area (Å²) in [6.45, 7) is 6.25. The molecule has 2 aromatic rings. The Kier molecular flexibility index (Phi) is 4.73. The van der Waals surface area contributed by atoms with Crippen molar-refractivity contribution in [1.29, 1.82) is 0 Å². The Morgan fingerprint density at radius 2 is 2.00 bits per heavy atom. The standard InChI is InChI=1S/C15H19ClN4S/c1-12-7-8-19(15-14(16)17-21-18-15)9-10-20(12)11-13-5-3-2-4-6-13/h2-6,12H,7-11H2,1H3. The van der Waals surface area contributed by atoms with E-state index in [0.29, 0.717) is 11.2 Å². The zero-order valence-corrected chi connectivity index (χ0v) is 13.6. The molecule has 1 aliphatic heterocycles. The zero-order chi connectivity index (χ0) is 14.7. The van der Waals surface area contributed by atoms with Gasteiger partial charge in [0.25, 0.3) is 0 Å². The van der Waals surface area contributed by atoms with E-state index in [1.807, 2.05) is 0 Å². The minimum atomic E-state index is 0.532. The highest BCUT2D eigenvalue weighted by atomic mass is 35.5. The van der Waals surface area contributed by atoms with E-state index in [-0.39, 0.29) is 0 Å². The fourth-order valence-corrected chi connectivity index (χ4v) is 3.51. The number of benzene rings is 1. The maximum absolute atomic E-state index is 6.11. The number of halogens is 1. The van der Waals surface area contributed by atoms with Crippen LogP contribution in [0.3, 0.4) is 0 Å². The Labute approximate surface area is 134 Å². The van der Waals surface area contributed by atoms with Gasteiger partial charge in [-0.3, -0.25) is 4.90 Å². The van der Waals surface area contributed by atoms with Crippen LogP contribution in [0.1, 0.15) is 18.9 Å². The van der Waals surface area contributed by atoms with Gasteiger partial charge in [0, 0.05) is 32.2 Å². The van der Waals surface area contributed by atoms with Gasteiger partial charge in [-0.15, -0.1) is 0 Å². The largest absolute Gasteiger partial charge is 0.352 e. The van der Waals surface area contributed by atoms with Crippen molar-refractivity contribution in [2.75, 3.05) is 24.5 Å². The third-order valence-electron chi connectivity index (χ3n) is 4.06. The van der Waals surface area contributed by atoms with Crippen LogP contribution in [-0.4, -0.2) is 39.3 Å². The van der Waals surface area contributed by atoms with E-state index in [9.17, 15) is 0 Å². The molecule has 6 heteroatoms. The first kappa shape index (κ1) is 14.8. The molecule has 112 valence electrons. The van der Waals surface area contributed by atoms with Gasteiger partial charge in [-0.2, -0.15) is 8.75 Å². The van der Waals surface area contributed by atoms with Gasteiger partial charge >= 0.3 is 0 Å². The lowest BCUT2D eigenvalue weighted by molar-refractivity contribution is 0.212. The smallest absolute Gasteiger partial charge is 0.187 e. The van der Waals surface area contributed by atoms with E-state index in [0.717, 1.165) is 38.4 Å². The average Bonchev–Trinajstić information content (AvgIpc) is 2.84. The number of aromatic nitrogens is 2. The summed E-state index contributed by atoms with van der Waals surface area (Å²) < 4.78 is 8.39. The minimum Gasteiger partial charge on any atom is -0.352 e. The third-order valence-corrected chi connectivity index (χ3v) is 4.93. The number of anilines is 1. The fourth-order valence-electron chi connectivity index (χ4n) is 2.73. The zero-order valence-electron chi connectivity index (χ0n) is 12.1. The number of nitrogens with zero attached hydrogens (tertiary/aromatic N) is 4. The van der Waals surface area contributed by atoms with E-state index in [1.165, 1.54) is 17.3 Å². The Hall–Kier alpha value is -1.17. The van der Waals surface area contributed by atoms with Gasteiger partial charge in [-0.1, -0.05) is 41.9 Å². The Bertz CT molecular complexity index is 574. The van der Waals surface area contributed by atoms with Crippen LogP contribution in [0.25, 0.3) is 0 Å². The van der Waals surface area contributed by atoms with Gasteiger partial charge in [0.2, 0.25) is 0 Å². The van der Waals surface area contributed by atoms with Crippen LogP contribution in [-0.2, 0) is 6.54 Å². The molecule has 3 rings (SSSR count). The topological polar surface area (TPSA) is 32.3 Å². The Morgan fingerprint density at radius 1 is 1.19 bits per heavy atom. The van der Waals surface area contributed by atoms with Crippen LogP contribution in [0.15, 0.2) is 30.3 Å². The van der Waals surface area contributed by atoms with Crippen LogP contribution in [0.4, 0.5) is 5.82 Å². The highest BCUT2D eigenvalue weighted by molar-refractivity contribution is 6.99. The van der Waals surface area contributed by atoms with Gasteiger partial charge in [0.15, 0.2) is 11.0 Å². The maximum Gasteiger partial charge on any atom is 0.187 e. The molecule has 2 heterocycles. The molecule has 0 saturated carbocycles. The van der Waals surface area contributed by atoms with Gasteiger partial charge in [0.1, 0.15) is 0 Å². The van der Waals surface area contributed by atoms with Gasteiger partial charge in [-0.05, 0) is 18.9 Å². The second-order valence-corrected chi connectivity index (χ2v) is 6.35. The molecule has 0 radical (unpaired) electrons. The second kappa shape index (κ2) is 6.73. The number of rotatable bonds is 3. The SMILES string of the molecule is CC1CCN(c2nsnc2Cl)CCN1Cc1ccccc1. The van der Waals surface area contributed by atoms with Crippen molar-refractivity contribution in [1.82, 2.24) is 13.6 Å². The Balaban J connectivity index is 1.67. The first-order valence-electron chi connectivity index (χ1n) is 7.25. The molecule has 21 heavy (non-hydrogen) atoms. The number of hydrogen-bond donors (Lipinski definition) is 0. The highest BCUT2D eigenvalue weighted by Crippen LogP contribution is 2.25. The van der Waals surface area contributed by atoms with Crippen molar-refractivity contribution in [3.05, 3.63) is 41.0 Å². The van der Waals surface area contributed by atoms with E-state index in [2.05, 4.69) is 55.8 Å². The summed E-state index contributed by atoms with van der Waals surface area (Å²) in [6, 6.07) is 11.2. The predicted octanol–water partition coefficient (Wildman–Crippen LogP) is 3.29. The summed E-state index contributed by atoms with van der Waals surface area (Å²) in [5.74, 6) is 0.843. The highest BCUT2D eigenvalue weighted by Gasteiger charge is 2.23. The molecule has 0 amide bonds. The lowest BCUT2D eigenvalue weighted by Gasteiger charge is -2.26. The predicted molar refractivity (Wildman–Crippen MR) is 88.1 cm³/mol. The monoisotopic (exact) mass is 322 g/mol. The van der Waals surface area contributed by atoms with Gasteiger partial charge in [0.05, 0.1) is 11.7 Å². The van der Waals surface area contributed by atoms with E-state index in [1.54, 1.807) is 0 Å². The molecule has 0 spiro atoms. The van der Waals surface area contributed by atoms with Crippen molar-refractivity contribution in [2.45, 2.75) is 25.9 Å². The summed E-state index contributed by atoms with van der Waals surface area (Å²) >= 11 is 7.29. The quantitative estimate of drug-likeness (QED) is 0.868. The second-order valence-electron chi connectivity index (χ2n) is 5.46. The number of hydrogen-bond acceptors (Lipinski definition) is 5. The van der Waals surface area contributed by atoms with Crippen LogP contribution >= 0.6 is 23.3 Å². The van der Waals surface area contributed by atoms with Crippen molar-refractivity contribution >= 4 is 29.1 Å².